The first kappa shape index (κ1) is 21.5. The van der Waals surface area contributed by atoms with Crippen LogP contribution in [-0.4, -0.2) is 23.7 Å². The maximum Gasteiger partial charge on any atom is 0.278 e. The molecule has 0 aliphatic carbocycles. The number of hydrogen-bond donors (Lipinski definition) is 1. The van der Waals surface area contributed by atoms with Crippen LogP contribution in [0.3, 0.4) is 0 Å². The second kappa shape index (κ2) is 10.5. The first-order valence-corrected chi connectivity index (χ1v) is 9.58. The van der Waals surface area contributed by atoms with E-state index < -0.39 is 10.8 Å². The zero-order valence-corrected chi connectivity index (χ0v) is 16.9. The van der Waals surface area contributed by atoms with Gasteiger partial charge in [0, 0.05) is 11.6 Å². The smallest absolute Gasteiger partial charge is 0.278 e. The summed E-state index contributed by atoms with van der Waals surface area (Å²) < 4.78 is 11.1. The second-order valence-corrected chi connectivity index (χ2v) is 6.41. The number of hydrogen-bond acceptors (Lipinski definition) is 6. The molecule has 0 unspecified atom stereocenters. The topological polar surface area (TPSA) is 103 Å². The molecule has 158 valence electrons. The van der Waals surface area contributed by atoms with Crippen molar-refractivity contribution >= 4 is 17.8 Å². The molecule has 31 heavy (non-hydrogen) atoms. The van der Waals surface area contributed by atoms with Crippen LogP contribution in [0.25, 0.3) is 0 Å². The molecular weight excluding hydrogens is 398 g/mol. The summed E-state index contributed by atoms with van der Waals surface area (Å²) in [5, 5.41) is 14.8. The second-order valence-electron chi connectivity index (χ2n) is 6.41. The van der Waals surface area contributed by atoms with Gasteiger partial charge in [0.25, 0.3) is 11.6 Å². The van der Waals surface area contributed by atoms with E-state index in [2.05, 4.69) is 10.5 Å². The molecule has 0 fully saturated rings. The number of rotatable bonds is 9. The van der Waals surface area contributed by atoms with E-state index in [1.165, 1.54) is 12.3 Å². The number of ether oxygens (including phenoxy) is 2. The molecule has 8 heteroatoms. The normalized spacial score (nSPS) is 10.6. The molecule has 0 aromatic heterocycles. The summed E-state index contributed by atoms with van der Waals surface area (Å²) in [7, 11) is 0. The lowest BCUT2D eigenvalue weighted by atomic mass is 10.1. The Labute approximate surface area is 179 Å². The van der Waals surface area contributed by atoms with Gasteiger partial charge in [0.1, 0.15) is 18.1 Å². The van der Waals surface area contributed by atoms with Gasteiger partial charge < -0.3 is 9.47 Å². The summed E-state index contributed by atoms with van der Waals surface area (Å²) in [5.74, 6) is 1.08. The van der Waals surface area contributed by atoms with Gasteiger partial charge in [-0.15, -0.1) is 0 Å². The highest BCUT2D eigenvalue weighted by atomic mass is 16.6. The number of benzene rings is 3. The molecule has 8 nitrogen and oxygen atoms in total. The average molecular weight is 419 g/mol. The molecule has 0 spiro atoms. The van der Waals surface area contributed by atoms with Crippen molar-refractivity contribution < 1.29 is 19.2 Å². The van der Waals surface area contributed by atoms with Crippen molar-refractivity contribution in [2.75, 3.05) is 6.61 Å². The summed E-state index contributed by atoms with van der Waals surface area (Å²) in [6, 6.07) is 20.4. The van der Waals surface area contributed by atoms with Crippen molar-refractivity contribution in [3.63, 3.8) is 0 Å². The van der Waals surface area contributed by atoms with Gasteiger partial charge in [0.15, 0.2) is 0 Å². The fourth-order valence-electron chi connectivity index (χ4n) is 2.71. The molecule has 0 bridgehead atoms. The Morgan fingerprint density at radius 3 is 2.29 bits per heavy atom. The fraction of sp³-hybridized carbons (Fsp3) is 0.130. The van der Waals surface area contributed by atoms with Crippen LogP contribution in [0.15, 0.2) is 77.9 Å². The molecule has 1 N–H and O–H groups in total. The number of carbonyl (C=O) groups excluding carboxylic acids is 1. The Morgan fingerprint density at radius 1 is 1.00 bits per heavy atom. The predicted molar refractivity (Wildman–Crippen MR) is 117 cm³/mol. The Kier molecular flexibility index (Phi) is 7.31. The molecule has 3 rings (SSSR count). The standard InChI is InChI=1S/C23H21N3O5/c1-2-30-20-11-13-21(14-12-20)31-16-17-7-9-18(10-8-17)23(27)25-24-15-19-5-3-4-6-22(19)26(28)29/h3-15H,2,16H2,1H3,(H,25,27)/b24-15-. The van der Waals surface area contributed by atoms with Crippen molar-refractivity contribution in [1.29, 1.82) is 0 Å². The van der Waals surface area contributed by atoms with Gasteiger partial charge in [-0.25, -0.2) is 5.43 Å². The molecule has 0 aliphatic rings. The maximum absolute atomic E-state index is 12.2. The number of nitrogens with one attached hydrogen (secondary N) is 1. The number of nitro groups is 1. The summed E-state index contributed by atoms with van der Waals surface area (Å²) in [4.78, 5) is 22.7. The molecule has 1 amide bonds. The number of nitro benzene ring substituents is 1. The maximum atomic E-state index is 12.2. The number of amides is 1. The number of para-hydroxylation sites is 1. The Hall–Kier alpha value is -4.20. The van der Waals surface area contributed by atoms with Crippen molar-refractivity contribution in [2.24, 2.45) is 5.10 Å². The monoisotopic (exact) mass is 419 g/mol. The minimum atomic E-state index is -0.503. The third-order valence-electron chi connectivity index (χ3n) is 4.26. The lowest BCUT2D eigenvalue weighted by Gasteiger charge is -2.08. The minimum Gasteiger partial charge on any atom is -0.494 e. The SMILES string of the molecule is CCOc1ccc(OCc2ccc(C(=O)N/N=C\c3ccccc3[N+](=O)[O-])cc2)cc1. The molecular formula is C23H21N3O5. The third kappa shape index (κ3) is 6.14. The van der Waals surface area contributed by atoms with Crippen LogP contribution in [0.5, 0.6) is 11.5 Å². The molecule has 0 aliphatic heterocycles. The highest BCUT2D eigenvalue weighted by Crippen LogP contribution is 2.19. The van der Waals surface area contributed by atoms with E-state index in [0.717, 1.165) is 17.1 Å². The van der Waals surface area contributed by atoms with Gasteiger partial charge in [-0.3, -0.25) is 14.9 Å². The van der Waals surface area contributed by atoms with Crippen molar-refractivity contribution in [2.45, 2.75) is 13.5 Å². The molecule has 0 saturated carbocycles. The Morgan fingerprint density at radius 2 is 1.65 bits per heavy atom. The summed E-state index contributed by atoms with van der Waals surface area (Å²) in [6.07, 6.45) is 1.25. The lowest BCUT2D eigenvalue weighted by Crippen LogP contribution is -2.17. The molecule has 3 aromatic carbocycles. The quantitative estimate of drug-likeness (QED) is 0.316. The average Bonchev–Trinajstić information content (AvgIpc) is 2.79. The van der Waals surface area contributed by atoms with Crippen molar-refractivity contribution in [1.82, 2.24) is 5.43 Å². The van der Waals surface area contributed by atoms with Gasteiger partial charge in [-0.05, 0) is 55.0 Å². The molecule has 0 atom stereocenters. The van der Waals surface area contributed by atoms with Crippen molar-refractivity contribution in [3.05, 3.63) is 99.6 Å². The highest BCUT2D eigenvalue weighted by molar-refractivity contribution is 5.95. The van der Waals surface area contributed by atoms with E-state index >= 15 is 0 Å². The summed E-state index contributed by atoms with van der Waals surface area (Å²) >= 11 is 0. The largest absolute Gasteiger partial charge is 0.494 e. The Balaban J connectivity index is 1.53. The third-order valence-corrected chi connectivity index (χ3v) is 4.26. The van der Waals surface area contributed by atoms with Crippen LogP contribution in [-0.2, 0) is 6.61 Å². The number of nitrogens with zero attached hydrogens (tertiary/aromatic N) is 2. The van der Waals surface area contributed by atoms with Gasteiger partial charge in [-0.2, -0.15) is 5.10 Å². The molecule has 0 heterocycles. The van der Waals surface area contributed by atoms with E-state index in [1.54, 1.807) is 42.5 Å². The van der Waals surface area contributed by atoms with E-state index in [1.807, 2.05) is 31.2 Å². The van der Waals surface area contributed by atoms with Crippen LogP contribution in [0, 0.1) is 10.1 Å². The Bertz CT molecular complexity index is 1060. The van der Waals surface area contributed by atoms with Gasteiger partial charge >= 0.3 is 0 Å². The van der Waals surface area contributed by atoms with Crippen LogP contribution >= 0.6 is 0 Å². The van der Waals surface area contributed by atoms with Crippen LogP contribution < -0.4 is 14.9 Å². The molecule has 3 aromatic rings. The van der Waals surface area contributed by atoms with Crippen LogP contribution in [0.2, 0.25) is 0 Å². The van der Waals surface area contributed by atoms with Gasteiger partial charge in [0.05, 0.1) is 23.3 Å². The van der Waals surface area contributed by atoms with E-state index in [4.69, 9.17) is 9.47 Å². The van der Waals surface area contributed by atoms with E-state index in [-0.39, 0.29) is 5.69 Å². The van der Waals surface area contributed by atoms with Gasteiger partial charge in [-0.1, -0.05) is 24.3 Å². The molecule has 0 radical (unpaired) electrons. The first-order chi connectivity index (χ1) is 15.1. The first-order valence-electron chi connectivity index (χ1n) is 9.58. The van der Waals surface area contributed by atoms with E-state index in [0.29, 0.717) is 24.3 Å². The molecule has 0 saturated heterocycles. The van der Waals surface area contributed by atoms with Crippen LogP contribution in [0.1, 0.15) is 28.4 Å². The van der Waals surface area contributed by atoms with Crippen molar-refractivity contribution in [3.8, 4) is 11.5 Å². The zero-order valence-electron chi connectivity index (χ0n) is 16.9. The zero-order chi connectivity index (χ0) is 22.1. The number of carbonyl (C=O) groups is 1. The number of hydrazone groups is 1. The summed E-state index contributed by atoms with van der Waals surface area (Å²) in [5.41, 5.74) is 3.89. The predicted octanol–water partition coefficient (Wildman–Crippen LogP) is 4.34. The minimum absolute atomic E-state index is 0.0858. The summed E-state index contributed by atoms with van der Waals surface area (Å²) in [6.45, 7) is 2.89. The highest BCUT2D eigenvalue weighted by Gasteiger charge is 2.10. The van der Waals surface area contributed by atoms with E-state index in [9.17, 15) is 14.9 Å². The fourth-order valence-corrected chi connectivity index (χ4v) is 2.71. The van der Waals surface area contributed by atoms with Gasteiger partial charge in [0.2, 0.25) is 0 Å². The van der Waals surface area contributed by atoms with Crippen LogP contribution in [0.4, 0.5) is 5.69 Å². The lowest BCUT2D eigenvalue weighted by molar-refractivity contribution is -0.385.